The standard InChI is InChI=1S/C74H137NO18/c1-3-5-7-9-11-13-15-17-19-21-22-23-24-25-26-27-28-29-30-31-32-33-34-36-37-39-41-43-45-47-49-51-58(79)57(75-62(80)52-50-48-46-44-42-40-38-35-20-18-16-14-12-10-8-6-4-2)56-88-72-68(86)65(83)70(60(54-77)90-72)93-74-69(87)66(84)71(61(55-78)91-74)92-73-67(85)64(82)63(81)59(53-76)89-73/h12,14,18,20,49,51,57-61,63-74,76-79,81-87H,3-11,13,15-17,19,21-48,50,52-56H2,1-2H3,(H,75,80)/b14-12-,20-18-,51-49+. The molecule has 3 heterocycles. The quantitative estimate of drug-likeness (QED) is 0.0199. The Hall–Kier alpha value is -1.99. The van der Waals surface area contributed by atoms with Gasteiger partial charge in [0, 0.05) is 6.42 Å². The number of carbonyl (C=O) groups is 1. The van der Waals surface area contributed by atoms with Gasteiger partial charge in [-0.3, -0.25) is 4.79 Å². The van der Waals surface area contributed by atoms with E-state index in [-0.39, 0.29) is 18.9 Å². The van der Waals surface area contributed by atoms with Crippen LogP contribution in [0.4, 0.5) is 0 Å². The molecule has 546 valence electrons. The highest BCUT2D eigenvalue weighted by Crippen LogP contribution is 2.33. The summed E-state index contributed by atoms with van der Waals surface area (Å²) in [5.41, 5.74) is 0. The van der Waals surface area contributed by atoms with Crippen LogP contribution in [-0.4, -0.2) is 193 Å². The molecule has 1 amide bonds. The molecule has 0 bridgehead atoms. The summed E-state index contributed by atoms with van der Waals surface area (Å²) >= 11 is 0. The Balaban J connectivity index is 1.38. The summed E-state index contributed by atoms with van der Waals surface area (Å²) in [4.78, 5) is 13.4. The summed E-state index contributed by atoms with van der Waals surface area (Å²) in [6.45, 7) is 1.73. The Labute approximate surface area is 561 Å². The Kier molecular flexibility index (Phi) is 51.2. The normalized spacial score (nSPS) is 27.7. The fraction of sp³-hybridized carbons (Fsp3) is 0.905. The number of unbranched alkanes of at least 4 members (excludes halogenated alkanes) is 39. The first kappa shape index (κ1) is 85.2. The average Bonchev–Trinajstić information content (AvgIpc) is 0.815. The average molecular weight is 1330 g/mol. The molecule has 17 unspecified atom stereocenters. The number of aliphatic hydroxyl groups excluding tert-OH is 11. The minimum atomic E-state index is -1.98. The maximum atomic E-state index is 13.4. The largest absolute Gasteiger partial charge is 0.394 e. The van der Waals surface area contributed by atoms with Gasteiger partial charge in [-0.1, -0.05) is 275 Å². The molecule has 17 atom stereocenters. The van der Waals surface area contributed by atoms with Crippen LogP contribution in [-0.2, 0) is 33.2 Å². The van der Waals surface area contributed by atoms with Crippen LogP contribution in [0.25, 0.3) is 0 Å². The molecule has 0 spiro atoms. The van der Waals surface area contributed by atoms with Crippen molar-refractivity contribution < 1.29 is 89.4 Å². The van der Waals surface area contributed by atoms with Gasteiger partial charge in [0.15, 0.2) is 18.9 Å². The molecule has 0 aromatic heterocycles. The van der Waals surface area contributed by atoms with E-state index < -0.39 is 124 Å². The zero-order valence-corrected chi connectivity index (χ0v) is 58.0. The lowest BCUT2D eigenvalue weighted by Crippen LogP contribution is -2.66. The fourth-order valence-electron chi connectivity index (χ4n) is 12.8. The van der Waals surface area contributed by atoms with E-state index in [4.69, 9.17) is 28.4 Å². The van der Waals surface area contributed by atoms with Gasteiger partial charge in [0.2, 0.25) is 5.91 Å². The minimum Gasteiger partial charge on any atom is -0.394 e. The third kappa shape index (κ3) is 37.1. The van der Waals surface area contributed by atoms with E-state index >= 15 is 0 Å². The van der Waals surface area contributed by atoms with Crippen molar-refractivity contribution in [2.24, 2.45) is 0 Å². The third-order valence-electron chi connectivity index (χ3n) is 18.9. The van der Waals surface area contributed by atoms with Gasteiger partial charge in [0.05, 0.1) is 38.6 Å². The highest BCUT2D eigenvalue weighted by molar-refractivity contribution is 5.76. The van der Waals surface area contributed by atoms with Crippen molar-refractivity contribution in [3.63, 3.8) is 0 Å². The minimum absolute atomic E-state index is 0.235. The van der Waals surface area contributed by atoms with E-state index in [1.54, 1.807) is 6.08 Å². The second-order valence-electron chi connectivity index (χ2n) is 27.1. The molecule has 0 aliphatic carbocycles. The van der Waals surface area contributed by atoms with Gasteiger partial charge in [0.25, 0.3) is 0 Å². The van der Waals surface area contributed by atoms with Gasteiger partial charge in [0.1, 0.15) is 73.2 Å². The van der Waals surface area contributed by atoms with Gasteiger partial charge in [-0.25, -0.2) is 0 Å². The first-order valence-electron chi connectivity index (χ1n) is 37.7. The third-order valence-corrected chi connectivity index (χ3v) is 18.9. The van der Waals surface area contributed by atoms with Gasteiger partial charge in [-0.15, -0.1) is 0 Å². The number of aliphatic hydroxyl groups is 11. The molecule has 93 heavy (non-hydrogen) atoms. The van der Waals surface area contributed by atoms with Crippen LogP contribution in [0.5, 0.6) is 0 Å². The molecule has 3 fully saturated rings. The molecular formula is C74H137NO18. The monoisotopic (exact) mass is 1330 g/mol. The van der Waals surface area contributed by atoms with Crippen molar-refractivity contribution in [2.75, 3.05) is 26.4 Å². The van der Waals surface area contributed by atoms with Crippen LogP contribution in [0, 0.1) is 0 Å². The van der Waals surface area contributed by atoms with Crippen molar-refractivity contribution in [3.8, 4) is 0 Å². The SMILES string of the molecule is CCCCC/C=C\C/C=C\CCCCCCCCCC(=O)NC(COC1OC(CO)C(OC2OC(CO)C(OC3OC(CO)C(O)C(O)C3O)C(O)C2O)C(O)C1O)C(O)/C=C/CCCCCCCCCCCCCCCCCCCCCCCCCCCCCCC. The first-order chi connectivity index (χ1) is 45.3. The zero-order valence-electron chi connectivity index (χ0n) is 58.0. The number of ether oxygens (including phenoxy) is 6. The second-order valence-corrected chi connectivity index (χ2v) is 27.1. The zero-order chi connectivity index (χ0) is 67.5. The molecule has 19 nitrogen and oxygen atoms in total. The van der Waals surface area contributed by atoms with Gasteiger partial charge in [-0.2, -0.15) is 0 Å². The highest BCUT2D eigenvalue weighted by Gasteiger charge is 2.53. The summed E-state index contributed by atoms with van der Waals surface area (Å²) < 4.78 is 34.4. The number of allylic oxidation sites excluding steroid dienone is 5. The fourth-order valence-corrected chi connectivity index (χ4v) is 12.8. The molecule has 12 N–H and O–H groups in total. The van der Waals surface area contributed by atoms with Crippen molar-refractivity contribution in [3.05, 3.63) is 36.5 Å². The number of hydrogen-bond donors (Lipinski definition) is 12. The van der Waals surface area contributed by atoms with Crippen molar-refractivity contribution >= 4 is 5.91 Å². The molecule has 0 aromatic carbocycles. The predicted octanol–water partition coefficient (Wildman–Crippen LogP) is 11.2. The van der Waals surface area contributed by atoms with E-state index in [2.05, 4.69) is 43.5 Å². The number of hydrogen-bond acceptors (Lipinski definition) is 18. The smallest absolute Gasteiger partial charge is 0.220 e. The van der Waals surface area contributed by atoms with Crippen LogP contribution in [0.3, 0.4) is 0 Å². The molecular weight excluding hydrogens is 1190 g/mol. The van der Waals surface area contributed by atoms with Crippen LogP contribution < -0.4 is 5.32 Å². The summed E-state index contributed by atoms with van der Waals surface area (Å²) in [5.74, 6) is -0.281. The number of rotatable bonds is 59. The predicted molar refractivity (Wildman–Crippen MR) is 365 cm³/mol. The van der Waals surface area contributed by atoms with Crippen molar-refractivity contribution in [2.45, 2.75) is 401 Å². The van der Waals surface area contributed by atoms with Crippen LogP contribution >= 0.6 is 0 Å². The van der Waals surface area contributed by atoms with E-state index in [0.717, 1.165) is 83.5 Å². The summed E-state index contributed by atoms with van der Waals surface area (Å²) in [5, 5.41) is 121. The van der Waals surface area contributed by atoms with Gasteiger partial charge >= 0.3 is 0 Å². The Morgan fingerprint density at radius 2 is 0.710 bits per heavy atom. The molecule has 3 aliphatic heterocycles. The molecule has 3 aliphatic rings. The molecule has 3 rings (SSSR count). The summed E-state index contributed by atoms with van der Waals surface area (Å²) in [6.07, 6.45) is 39.9. The lowest BCUT2D eigenvalue weighted by atomic mass is 9.96. The van der Waals surface area contributed by atoms with Gasteiger partial charge < -0.3 is 89.9 Å². The molecule has 0 saturated carbocycles. The topological polar surface area (TPSA) is 307 Å². The molecule has 19 heteroatoms. The highest BCUT2D eigenvalue weighted by atomic mass is 16.8. The van der Waals surface area contributed by atoms with Gasteiger partial charge in [-0.05, 0) is 51.4 Å². The maximum Gasteiger partial charge on any atom is 0.220 e. The van der Waals surface area contributed by atoms with Crippen LogP contribution in [0.1, 0.15) is 296 Å². The first-order valence-corrected chi connectivity index (χ1v) is 37.7. The molecule has 3 saturated heterocycles. The Morgan fingerprint density at radius 1 is 0.387 bits per heavy atom. The lowest BCUT2D eigenvalue weighted by molar-refractivity contribution is -0.379. The van der Waals surface area contributed by atoms with Crippen molar-refractivity contribution in [1.29, 1.82) is 0 Å². The maximum absolute atomic E-state index is 13.4. The van der Waals surface area contributed by atoms with E-state index in [1.807, 2.05) is 6.08 Å². The number of nitrogens with one attached hydrogen (secondary N) is 1. The van der Waals surface area contributed by atoms with Crippen LogP contribution in [0.15, 0.2) is 36.5 Å². The molecule has 0 aromatic rings. The van der Waals surface area contributed by atoms with E-state index in [9.17, 15) is 61.0 Å². The summed E-state index contributed by atoms with van der Waals surface area (Å²) in [7, 11) is 0. The summed E-state index contributed by atoms with van der Waals surface area (Å²) in [6, 6.07) is -0.978. The Bertz CT molecular complexity index is 1830. The number of carbonyl (C=O) groups excluding carboxylic acids is 1. The van der Waals surface area contributed by atoms with Crippen LogP contribution in [0.2, 0.25) is 0 Å². The second kappa shape index (κ2) is 55.8. The van der Waals surface area contributed by atoms with Crippen molar-refractivity contribution in [1.82, 2.24) is 5.32 Å². The number of amides is 1. The van der Waals surface area contributed by atoms with E-state index in [0.29, 0.717) is 6.42 Å². The Morgan fingerprint density at radius 3 is 1.12 bits per heavy atom. The molecule has 0 radical (unpaired) electrons. The van der Waals surface area contributed by atoms with E-state index in [1.165, 1.54) is 186 Å². The lowest BCUT2D eigenvalue weighted by Gasteiger charge is -2.48.